The van der Waals surface area contributed by atoms with Gasteiger partial charge in [0.25, 0.3) is 5.56 Å². The summed E-state index contributed by atoms with van der Waals surface area (Å²) >= 11 is 0. The highest BCUT2D eigenvalue weighted by Crippen LogP contribution is 2.61. The number of pyridine rings is 1. The van der Waals surface area contributed by atoms with E-state index >= 15 is 0 Å². The third-order valence-corrected chi connectivity index (χ3v) is 15.3. The predicted octanol–water partition coefficient (Wildman–Crippen LogP) is 4.98. The average Bonchev–Trinajstić information content (AvgIpc) is 3.16. The number of aromatic nitrogens is 1. The molecule has 0 spiro atoms. The Morgan fingerprint density at radius 1 is 0.782 bits per heavy atom. The van der Waals surface area contributed by atoms with E-state index in [1.165, 1.54) is 28.0 Å². The van der Waals surface area contributed by atoms with E-state index in [1.54, 1.807) is 19.2 Å². The lowest BCUT2D eigenvalue weighted by molar-refractivity contribution is -0.146. The Kier molecular flexibility index (Phi) is 8.41. The summed E-state index contributed by atoms with van der Waals surface area (Å²) < 4.78 is 7.43. The topological polar surface area (TPSA) is 102 Å². The number of allylic oxidation sites excluding steroid dienone is 3. The normalized spacial score (nSPS) is 32.9. The number of ether oxygens (including phenoxy) is 1. The molecule has 10 rings (SSSR count). The Hall–Kier alpha value is -4.15. The van der Waals surface area contributed by atoms with Crippen molar-refractivity contribution in [2.75, 3.05) is 40.8 Å². The van der Waals surface area contributed by atoms with Crippen molar-refractivity contribution in [3.05, 3.63) is 128 Å². The van der Waals surface area contributed by atoms with Crippen molar-refractivity contribution >= 4 is 0 Å². The first kappa shape index (κ1) is 36.5. The Morgan fingerprint density at radius 2 is 1.40 bits per heavy atom. The molecule has 6 atom stereocenters. The number of hydrogen-bond donors (Lipinski definition) is 3. The fourth-order valence-corrected chi connectivity index (χ4v) is 12.4. The quantitative estimate of drug-likeness (QED) is 0.346. The van der Waals surface area contributed by atoms with E-state index in [-0.39, 0.29) is 28.5 Å². The van der Waals surface area contributed by atoms with Crippen LogP contribution in [0.1, 0.15) is 73.0 Å². The van der Waals surface area contributed by atoms with Crippen molar-refractivity contribution in [1.29, 1.82) is 0 Å². The number of likely N-dealkylation sites (tertiary alicyclic amines) is 2. The molecule has 9 heteroatoms. The highest BCUT2D eigenvalue weighted by atomic mass is 16.5. The Bertz CT molecular complexity index is 2230. The number of benzene rings is 2. The van der Waals surface area contributed by atoms with E-state index < -0.39 is 11.2 Å². The molecule has 3 aliphatic heterocycles. The summed E-state index contributed by atoms with van der Waals surface area (Å²) in [6, 6.07) is 15.8. The van der Waals surface area contributed by atoms with Gasteiger partial charge in [0.2, 0.25) is 0 Å². The number of methoxy groups -OCH3 is 1. The van der Waals surface area contributed by atoms with Crippen LogP contribution in [0, 0.1) is 0 Å². The van der Waals surface area contributed by atoms with Crippen LogP contribution >= 0.6 is 0 Å². The monoisotopic (exact) mass is 744 g/mol. The molecule has 0 amide bonds. The molecule has 290 valence electrons. The Labute approximate surface area is 324 Å². The lowest BCUT2D eigenvalue weighted by Gasteiger charge is -2.64. The maximum absolute atomic E-state index is 12.5. The molecule has 4 aliphatic carbocycles. The summed E-state index contributed by atoms with van der Waals surface area (Å²) in [5, 5.41) is 34.7. The third-order valence-electron chi connectivity index (χ3n) is 15.3. The fourth-order valence-electron chi connectivity index (χ4n) is 12.4. The number of piperidine rings is 2. The summed E-state index contributed by atoms with van der Waals surface area (Å²) in [5.41, 5.74) is 8.36. The van der Waals surface area contributed by atoms with Gasteiger partial charge in [0.1, 0.15) is 11.5 Å². The first-order valence-corrected chi connectivity index (χ1v) is 20.3. The van der Waals surface area contributed by atoms with Crippen LogP contribution in [0.5, 0.6) is 11.5 Å². The highest BCUT2D eigenvalue weighted by molar-refractivity contribution is 5.55. The van der Waals surface area contributed by atoms with Crippen molar-refractivity contribution in [1.82, 2.24) is 19.3 Å². The number of aliphatic hydroxyl groups is 2. The van der Waals surface area contributed by atoms with Crippen LogP contribution in [0.4, 0.5) is 0 Å². The summed E-state index contributed by atoms with van der Waals surface area (Å²) in [4.78, 5) is 19.5. The van der Waals surface area contributed by atoms with Gasteiger partial charge in [-0.2, -0.15) is 0 Å². The summed E-state index contributed by atoms with van der Waals surface area (Å²) in [6.07, 6.45) is 10.4. The first-order valence-electron chi connectivity index (χ1n) is 20.3. The van der Waals surface area contributed by atoms with Crippen LogP contribution < -0.4 is 10.3 Å². The number of likely N-dealkylation sites (N-methyl/N-ethyl adjacent to an activating group) is 3. The van der Waals surface area contributed by atoms with E-state index in [0.29, 0.717) is 31.6 Å². The number of rotatable bonds is 3. The molecule has 0 radical (unpaired) electrons. The minimum Gasteiger partial charge on any atom is -0.508 e. The first-order chi connectivity index (χ1) is 26.3. The molecule has 4 heterocycles. The summed E-state index contributed by atoms with van der Waals surface area (Å²) in [6.45, 7) is 11.9. The molecule has 3 N–H and O–H groups in total. The number of fused-ring (bicyclic) bond motifs is 3. The van der Waals surface area contributed by atoms with Crippen molar-refractivity contribution < 1.29 is 20.1 Å². The smallest absolute Gasteiger partial charge is 0.250 e. The van der Waals surface area contributed by atoms with Gasteiger partial charge in [-0.05, 0) is 130 Å². The zero-order valence-corrected chi connectivity index (χ0v) is 33.1. The van der Waals surface area contributed by atoms with Crippen LogP contribution in [0.3, 0.4) is 0 Å². The maximum Gasteiger partial charge on any atom is 0.250 e. The van der Waals surface area contributed by atoms with Gasteiger partial charge in [-0.25, -0.2) is 0 Å². The molecule has 55 heavy (non-hydrogen) atoms. The second kappa shape index (κ2) is 12.7. The fraction of sp³-hybridized carbons (Fsp3) is 0.500. The van der Waals surface area contributed by atoms with Gasteiger partial charge in [-0.3, -0.25) is 4.79 Å². The number of aromatic hydroxyl groups is 1. The predicted molar refractivity (Wildman–Crippen MR) is 215 cm³/mol. The molecule has 4 bridgehead atoms. The summed E-state index contributed by atoms with van der Waals surface area (Å²) in [7, 11) is 5.96. The molecular formula is C46H56N4O5. The van der Waals surface area contributed by atoms with Crippen molar-refractivity contribution in [2.45, 2.75) is 106 Å². The lowest BCUT2D eigenvalue weighted by atomic mass is 9.49. The molecular weight excluding hydrogens is 689 g/mol. The van der Waals surface area contributed by atoms with Crippen LogP contribution in [0.15, 0.2) is 89.0 Å². The molecule has 2 fully saturated rings. The minimum atomic E-state index is -0.845. The third kappa shape index (κ3) is 4.95. The van der Waals surface area contributed by atoms with Crippen LogP contribution in [-0.2, 0) is 43.1 Å². The van der Waals surface area contributed by atoms with Gasteiger partial charge < -0.3 is 39.3 Å². The van der Waals surface area contributed by atoms with E-state index in [0.717, 1.165) is 80.0 Å². The zero-order chi connectivity index (χ0) is 38.7. The van der Waals surface area contributed by atoms with Crippen molar-refractivity contribution in [3.8, 4) is 11.5 Å². The molecule has 9 nitrogen and oxygen atoms in total. The van der Waals surface area contributed by atoms with Gasteiger partial charge in [0, 0.05) is 84.8 Å². The highest BCUT2D eigenvalue weighted by Gasteiger charge is 2.65. The van der Waals surface area contributed by atoms with E-state index in [4.69, 9.17) is 4.74 Å². The second-order valence-electron chi connectivity index (χ2n) is 17.4. The standard InChI is InChI=1S/C23H28N2O3.C23H28N2O2/c1-4-25-19-14-22-9-10-24(2)20(11-15-5-7-17(28-3)12-18(15)22)23(22,27)13-16(19)6-8-21(25)26;1-4-25-15(2)5-6-17-13-23(27)21-11-16-7-8-18(26)12-19(16)22(23,14-20(17)25)9-10-24(21)3/h5-8,12,20,27H,4,9-11,13-14H2,1-3H3;5-8,12,21,26-27H,2,4,9-11,13-14H2,1,3H3/t20-,22-,23-;21-,22-,23-/m11/s1. The van der Waals surface area contributed by atoms with E-state index in [1.807, 2.05) is 29.7 Å². The largest absolute Gasteiger partial charge is 0.508 e. The molecule has 0 saturated carbocycles. The molecule has 1 aromatic heterocycles. The molecule has 0 unspecified atom stereocenters. The Balaban J connectivity index is 0.000000144. The van der Waals surface area contributed by atoms with Gasteiger partial charge in [0.05, 0.1) is 18.3 Å². The number of phenolic OH excluding ortho intramolecular Hbond substituents is 1. The molecule has 7 aliphatic rings. The molecule has 2 aromatic carbocycles. The minimum absolute atomic E-state index is 0.0502. The molecule has 2 saturated heterocycles. The van der Waals surface area contributed by atoms with Crippen LogP contribution in [0.2, 0.25) is 0 Å². The van der Waals surface area contributed by atoms with Crippen LogP contribution in [-0.4, -0.2) is 98.7 Å². The van der Waals surface area contributed by atoms with E-state index in [2.05, 4.69) is 72.6 Å². The van der Waals surface area contributed by atoms with Gasteiger partial charge in [0.15, 0.2) is 0 Å². The maximum atomic E-state index is 12.5. The molecule has 3 aromatic rings. The van der Waals surface area contributed by atoms with E-state index in [9.17, 15) is 20.1 Å². The van der Waals surface area contributed by atoms with Gasteiger partial charge in [-0.1, -0.05) is 30.9 Å². The van der Waals surface area contributed by atoms with Crippen molar-refractivity contribution in [3.63, 3.8) is 0 Å². The van der Waals surface area contributed by atoms with Crippen LogP contribution in [0.25, 0.3) is 0 Å². The second-order valence-corrected chi connectivity index (χ2v) is 17.4. The lowest BCUT2D eigenvalue weighted by Crippen LogP contribution is -2.73. The van der Waals surface area contributed by atoms with Crippen molar-refractivity contribution in [2.24, 2.45) is 0 Å². The number of phenols is 1. The van der Waals surface area contributed by atoms with Gasteiger partial charge in [-0.15, -0.1) is 0 Å². The van der Waals surface area contributed by atoms with Gasteiger partial charge >= 0.3 is 0 Å². The Morgan fingerprint density at radius 3 is 2.05 bits per heavy atom. The zero-order valence-electron chi connectivity index (χ0n) is 33.1. The number of hydrogen-bond acceptors (Lipinski definition) is 8. The summed E-state index contributed by atoms with van der Waals surface area (Å²) in [5.74, 6) is 1.13. The number of nitrogens with zero attached hydrogens (tertiary/aromatic N) is 4. The SMILES string of the molecule is C=C1C=CC2=C(C[C@]34CCN(C)[C@H](Cc5ccc(O)cc53)[C@]4(O)C2)N1CC.CCn1c2c(ccc1=O)C[C@@]1(O)[C@H]3Cc4ccc(OC)cc4[C@@]1(CCN3C)C2. The average molecular weight is 745 g/mol.